The van der Waals surface area contributed by atoms with E-state index in [1.54, 1.807) is 14.2 Å². The number of hydrogen-bond donors (Lipinski definition) is 2. The molecule has 2 aliphatic carbocycles. The lowest BCUT2D eigenvalue weighted by Crippen LogP contribution is -2.49. The lowest BCUT2D eigenvalue weighted by atomic mass is 9.67. The average Bonchev–Trinajstić information content (AvgIpc) is 3.16. The quantitative estimate of drug-likeness (QED) is 0.133. The number of nitrogens with zero attached hydrogens (tertiary/aromatic N) is 2. The van der Waals surface area contributed by atoms with Crippen molar-refractivity contribution >= 4 is 11.6 Å². The molecule has 7 heteroatoms. The highest BCUT2D eigenvalue weighted by Gasteiger charge is 2.43. The third-order valence-electron chi connectivity index (χ3n) is 12.6. The van der Waals surface area contributed by atoms with Crippen LogP contribution in [0.2, 0.25) is 5.02 Å². The van der Waals surface area contributed by atoms with Crippen molar-refractivity contribution in [2.45, 2.75) is 89.3 Å². The number of ether oxygens (including phenoxy) is 2. The molecule has 57 heavy (non-hydrogen) atoms. The molecule has 0 spiro atoms. The molecular weight excluding hydrogens is 728 g/mol. The first kappa shape index (κ1) is 44.7. The van der Waals surface area contributed by atoms with Crippen molar-refractivity contribution in [2.24, 2.45) is 23.7 Å². The Morgan fingerprint density at radius 3 is 1.61 bits per heavy atom. The number of benzene rings is 4. The predicted octanol–water partition coefficient (Wildman–Crippen LogP) is 9.65. The van der Waals surface area contributed by atoms with Crippen LogP contribution in [0.5, 0.6) is 11.5 Å². The van der Waals surface area contributed by atoms with E-state index in [0.29, 0.717) is 18.3 Å². The molecule has 2 saturated carbocycles. The molecule has 4 aromatic carbocycles. The lowest BCUT2D eigenvalue weighted by Gasteiger charge is -2.45. The molecule has 0 aromatic heterocycles. The van der Waals surface area contributed by atoms with Crippen molar-refractivity contribution in [3.63, 3.8) is 0 Å². The smallest absolute Gasteiger partial charge is 0.119 e. The van der Waals surface area contributed by atoms with Gasteiger partial charge in [0.05, 0.1) is 25.4 Å². The van der Waals surface area contributed by atoms with E-state index in [9.17, 15) is 10.2 Å². The van der Waals surface area contributed by atoms with Crippen LogP contribution in [0.1, 0.15) is 71.9 Å². The Morgan fingerprint density at radius 2 is 1.12 bits per heavy atom. The molecule has 0 saturated heterocycles. The summed E-state index contributed by atoms with van der Waals surface area (Å²) in [5, 5.41) is 24.1. The minimum atomic E-state index is -0.681. The van der Waals surface area contributed by atoms with Gasteiger partial charge in [0.2, 0.25) is 0 Å². The van der Waals surface area contributed by atoms with Crippen molar-refractivity contribution < 1.29 is 19.7 Å². The van der Waals surface area contributed by atoms with Crippen LogP contribution in [0.15, 0.2) is 91.0 Å². The van der Waals surface area contributed by atoms with Crippen LogP contribution in [-0.2, 0) is 25.7 Å². The van der Waals surface area contributed by atoms with Crippen molar-refractivity contribution in [1.29, 1.82) is 0 Å². The number of hydrogen-bond acceptors (Lipinski definition) is 6. The molecule has 2 N–H and O–H groups in total. The van der Waals surface area contributed by atoms with E-state index in [4.69, 9.17) is 21.1 Å². The van der Waals surface area contributed by atoms with Gasteiger partial charge in [0.1, 0.15) is 11.5 Å². The first-order valence-electron chi connectivity index (χ1n) is 21.0. The van der Waals surface area contributed by atoms with Gasteiger partial charge in [-0.3, -0.25) is 0 Å². The third kappa shape index (κ3) is 13.1. The summed E-state index contributed by atoms with van der Waals surface area (Å²) in [6.45, 7) is 6.12. The molecule has 2 fully saturated rings. The van der Waals surface area contributed by atoms with Crippen LogP contribution in [0.4, 0.5) is 0 Å². The van der Waals surface area contributed by atoms with E-state index in [0.717, 1.165) is 93.0 Å². The molecule has 0 aliphatic heterocycles. The highest BCUT2D eigenvalue weighted by molar-refractivity contribution is 6.30. The number of rotatable bonds is 14. The van der Waals surface area contributed by atoms with Crippen LogP contribution in [0.3, 0.4) is 0 Å². The summed E-state index contributed by atoms with van der Waals surface area (Å²) >= 11 is 6.17. The molecule has 0 amide bonds. The van der Waals surface area contributed by atoms with Crippen LogP contribution in [0.25, 0.3) is 0 Å². The highest BCUT2D eigenvalue weighted by atomic mass is 35.5. The molecule has 6 atom stereocenters. The van der Waals surface area contributed by atoms with E-state index >= 15 is 0 Å². The Labute approximate surface area is 349 Å². The summed E-state index contributed by atoms with van der Waals surface area (Å²) in [7, 11) is 11.8. The Bertz CT molecular complexity index is 1860. The molecular formula is C50H69ClN2O4. The molecule has 0 heterocycles. The fraction of sp³-hybridized carbons (Fsp3) is 0.520. The summed E-state index contributed by atoms with van der Waals surface area (Å²) in [6.07, 6.45) is 9.42. The van der Waals surface area contributed by atoms with Crippen molar-refractivity contribution in [2.75, 3.05) is 55.5 Å². The largest absolute Gasteiger partial charge is 0.497 e. The highest BCUT2D eigenvalue weighted by Crippen LogP contribution is 2.43. The second-order valence-electron chi connectivity index (χ2n) is 17.9. The first-order chi connectivity index (χ1) is 27.2. The fourth-order valence-electron chi connectivity index (χ4n) is 9.59. The fourth-order valence-corrected chi connectivity index (χ4v) is 9.80. The van der Waals surface area contributed by atoms with E-state index in [2.05, 4.69) is 113 Å². The summed E-state index contributed by atoms with van der Waals surface area (Å²) in [5.41, 5.74) is 6.29. The van der Waals surface area contributed by atoms with Gasteiger partial charge in [0.15, 0.2) is 0 Å². The Kier molecular flexibility index (Phi) is 16.1. The van der Waals surface area contributed by atoms with Gasteiger partial charge in [-0.2, -0.15) is 0 Å². The third-order valence-corrected chi connectivity index (χ3v) is 12.9. The second kappa shape index (κ2) is 20.5. The zero-order valence-electron chi connectivity index (χ0n) is 35.9. The molecule has 2 aliphatic rings. The Balaban J connectivity index is 0.000000218. The number of aliphatic hydroxyl groups is 2. The molecule has 4 aromatic rings. The monoisotopic (exact) mass is 796 g/mol. The van der Waals surface area contributed by atoms with Crippen LogP contribution < -0.4 is 9.47 Å². The van der Waals surface area contributed by atoms with Gasteiger partial charge in [-0.25, -0.2) is 0 Å². The van der Waals surface area contributed by atoms with Gasteiger partial charge >= 0.3 is 0 Å². The normalized spacial score (nSPS) is 24.9. The molecule has 0 bridgehead atoms. The average molecular weight is 798 g/mol. The lowest BCUT2D eigenvalue weighted by molar-refractivity contribution is -0.0688. The van der Waals surface area contributed by atoms with Gasteiger partial charge < -0.3 is 29.5 Å². The Hall–Kier alpha value is -3.39. The van der Waals surface area contributed by atoms with E-state index in [-0.39, 0.29) is 11.8 Å². The minimum absolute atomic E-state index is 0.242. The van der Waals surface area contributed by atoms with Crippen molar-refractivity contribution in [3.8, 4) is 11.5 Å². The number of methoxy groups -OCH3 is 2. The van der Waals surface area contributed by atoms with E-state index in [1.165, 1.54) is 27.8 Å². The van der Waals surface area contributed by atoms with Gasteiger partial charge in [-0.1, -0.05) is 71.8 Å². The first-order valence-corrected chi connectivity index (χ1v) is 21.4. The van der Waals surface area contributed by atoms with Crippen LogP contribution in [0, 0.1) is 37.5 Å². The van der Waals surface area contributed by atoms with E-state index < -0.39 is 11.2 Å². The number of halogens is 1. The van der Waals surface area contributed by atoms with E-state index in [1.807, 2.05) is 30.3 Å². The van der Waals surface area contributed by atoms with Gasteiger partial charge in [0, 0.05) is 42.8 Å². The maximum Gasteiger partial charge on any atom is 0.119 e. The molecule has 6 unspecified atom stereocenters. The van der Waals surface area contributed by atoms with Crippen LogP contribution >= 0.6 is 11.6 Å². The number of aryl methyl sites for hydroxylation is 2. The standard InChI is InChI=1S/C26H37NO2.C24H32ClNO2/c1-19-9-10-20(2)23(13-19)17-26(28)12-11-22(15-24(26)18-27(3)4)14-21-7-6-8-25(16-21)29-5;1-26(2)17-21-13-19(12-18-6-5-9-23(15-18)28-3)10-11-24(21,27)16-20-7-4-8-22(25)14-20/h6-10,13,16,22,24,28H,11-12,14-15,17-18H2,1-5H3;4-9,14-15,19,21,27H,10-13,16-17H2,1-3H3. The Morgan fingerprint density at radius 1 is 0.632 bits per heavy atom. The maximum absolute atomic E-state index is 11.8. The summed E-state index contributed by atoms with van der Waals surface area (Å²) in [6, 6.07) is 31.3. The predicted molar refractivity (Wildman–Crippen MR) is 237 cm³/mol. The molecule has 0 radical (unpaired) electrons. The minimum Gasteiger partial charge on any atom is -0.497 e. The summed E-state index contributed by atoms with van der Waals surface area (Å²) in [4.78, 5) is 4.42. The summed E-state index contributed by atoms with van der Waals surface area (Å²) < 4.78 is 10.8. The topological polar surface area (TPSA) is 65.4 Å². The molecule has 310 valence electrons. The van der Waals surface area contributed by atoms with Gasteiger partial charge in [-0.15, -0.1) is 0 Å². The van der Waals surface area contributed by atoms with Crippen molar-refractivity contribution in [1.82, 2.24) is 9.80 Å². The molecule has 6 rings (SSSR count). The zero-order chi connectivity index (χ0) is 41.2. The van der Waals surface area contributed by atoms with Crippen molar-refractivity contribution in [3.05, 3.63) is 129 Å². The SMILES string of the molecule is COc1cccc(CC2CCC(O)(Cc3cc(C)ccc3C)C(CN(C)C)C2)c1.COc1cccc(CC2CCC(O)(Cc3cccc(Cl)c3)C(CN(C)C)C2)c1. The molecule has 6 nitrogen and oxygen atoms in total. The second-order valence-corrected chi connectivity index (χ2v) is 18.4. The van der Waals surface area contributed by atoms with Crippen LogP contribution in [-0.4, -0.2) is 86.7 Å². The van der Waals surface area contributed by atoms with Gasteiger partial charge in [0.25, 0.3) is 0 Å². The zero-order valence-corrected chi connectivity index (χ0v) is 36.7. The summed E-state index contributed by atoms with van der Waals surface area (Å²) in [5.74, 6) is 3.54. The maximum atomic E-state index is 11.8. The van der Waals surface area contributed by atoms with Gasteiger partial charge in [-0.05, 0) is 169 Å².